The van der Waals surface area contributed by atoms with Gasteiger partial charge in [-0.15, -0.1) is 0 Å². The second-order valence-electron chi connectivity index (χ2n) is 10.1. The Morgan fingerprint density at radius 1 is 0.917 bits per heavy atom. The largest absolute Gasteiger partial charge is 0.445 e. The molecule has 2 saturated carbocycles. The van der Waals surface area contributed by atoms with Crippen LogP contribution in [-0.2, 0) is 30.3 Å². The van der Waals surface area contributed by atoms with Gasteiger partial charge in [-0.05, 0) is 24.3 Å². The van der Waals surface area contributed by atoms with Gasteiger partial charge >= 0.3 is 6.09 Å². The van der Waals surface area contributed by atoms with E-state index in [1.165, 1.54) is 0 Å². The highest BCUT2D eigenvalue weighted by atomic mass is 16.7. The van der Waals surface area contributed by atoms with Crippen molar-refractivity contribution in [3.05, 3.63) is 35.9 Å². The first kappa shape index (κ1) is 27.3. The molecule has 1 amide bonds. The van der Waals surface area contributed by atoms with Crippen molar-refractivity contribution in [3.63, 3.8) is 0 Å². The summed E-state index contributed by atoms with van der Waals surface area (Å²) in [5, 5.41) is 21.4. The van der Waals surface area contributed by atoms with Crippen molar-refractivity contribution in [1.29, 1.82) is 0 Å². The number of amides is 1. The number of hydrogen-bond donors (Lipinski definition) is 4. The number of nitrogens with one attached hydrogen (secondary N) is 1. The first-order valence-corrected chi connectivity index (χ1v) is 13.0. The van der Waals surface area contributed by atoms with Crippen molar-refractivity contribution in [2.75, 3.05) is 39.6 Å². The van der Waals surface area contributed by atoms with Gasteiger partial charge in [0.15, 0.2) is 11.6 Å². The normalized spacial score (nSPS) is 30.5. The van der Waals surface area contributed by atoms with E-state index in [1.54, 1.807) is 0 Å². The molecule has 5 rings (SSSR count). The van der Waals surface area contributed by atoms with Gasteiger partial charge in [-0.2, -0.15) is 0 Å². The predicted molar refractivity (Wildman–Crippen MR) is 130 cm³/mol. The number of rotatable bonds is 5. The zero-order valence-electron chi connectivity index (χ0n) is 20.8. The summed E-state index contributed by atoms with van der Waals surface area (Å²) in [6, 6.07) is 9.32. The van der Waals surface area contributed by atoms with Gasteiger partial charge < -0.3 is 44.9 Å². The van der Waals surface area contributed by atoms with Crippen LogP contribution >= 0.6 is 0 Å². The summed E-state index contributed by atoms with van der Waals surface area (Å²) in [4.78, 5) is 12.1. The molecule has 0 unspecified atom stereocenters. The average Bonchev–Trinajstić information content (AvgIpc) is 3.54. The first-order chi connectivity index (χ1) is 17.5. The van der Waals surface area contributed by atoms with Crippen molar-refractivity contribution in [2.45, 2.75) is 68.8 Å². The van der Waals surface area contributed by atoms with Gasteiger partial charge in [-0.3, -0.25) is 0 Å². The maximum atomic E-state index is 12.1. The molecule has 2 spiro atoms. The van der Waals surface area contributed by atoms with E-state index >= 15 is 0 Å². The summed E-state index contributed by atoms with van der Waals surface area (Å²) < 4.78 is 27.8. The molecule has 2 saturated heterocycles. The predicted octanol–water partition coefficient (Wildman–Crippen LogP) is 1.67. The summed E-state index contributed by atoms with van der Waals surface area (Å²) in [7, 11) is 0. The Balaban J connectivity index is 0.000000197. The number of ether oxygens (including phenoxy) is 5. The molecule has 1 aromatic rings. The molecule has 36 heavy (non-hydrogen) atoms. The Hall–Kier alpha value is -1.79. The SMILES string of the molecule is N[C@@H]1CC2(CC[C@H]1CO)OCCO2.O=C(N[C@@H]1CC2(CC[C@H]1CO)OCCO2)OCc1ccccc1. The van der Waals surface area contributed by atoms with Crippen LogP contribution in [0, 0.1) is 11.8 Å². The van der Waals surface area contributed by atoms with Gasteiger partial charge in [0.25, 0.3) is 0 Å². The number of hydrogen-bond acceptors (Lipinski definition) is 9. The summed E-state index contributed by atoms with van der Waals surface area (Å²) in [5.74, 6) is -0.801. The van der Waals surface area contributed by atoms with E-state index in [0.29, 0.717) is 32.8 Å². The van der Waals surface area contributed by atoms with Crippen LogP contribution in [0.5, 0.6) is 0 Å². The van der Waals surface area contributed by atoms with Crippen molar-refractivity contribution in [3.8, 4) is 0 Å². The number of carbonyl (C=O) groups is 1. The minimum absolute atomic E-state index is 0.00213. The van der Waals surface area contributed by atoms with E-state index in [4.69, 9.17) is 34.5 Å². The fourth-order valence-electron chi connectivity index (χ4n) is 5.51. The molecular formula is C26H40N2O8. The molecule has 2 aliphatic heterocycles. The molecular weight excluding hydrogens is 468 g/mol. The standard InChI is InChI=1S/C17H23NO5.C9H17NO3/c19-11-14-6-7-17(22-8-9-23-17)10-15(14)18-16(20)21-12-13-4-2-1-3-5-13;10-8-5-9(12-3-4-13-9)2-1-7(8)6-11/h1-5,14-15,19H,6-12H2,(H,18,20);7-8,11H,1-6,10H2/t14-,15+;7-,8+/m00/s1. The molecule has 0 aromatic heterocycles. The van der Waals surface area contributed by atoms with Crippen LogP contribution in [0.4, 0.5) is 4.79 Å². The fourth-order valence-corrected chi connectivity index (χ4v) is 5.51. The highest BCUT2D eigenvalue weighted by molar-refractivity contribution is 5.67. The number of nitrogens with two attached hydrogens (primary N) is 1. The first-order valence-electron chi connectivity index (χ1n) is 13.0. The molecule has 4 fully saturated rings. The van der Waals surface area contributed by atoms with Gasteiger partial charge in [0.2, 0.25) is 0 Å². The Morgan fingerprint density at radius 3 is 2.03 bits per heavy atom. The molecule has 0 bridgehead atoms. The number of carbonyl (C=O) groups excluding carboxylic acids is 1. The lowest BCUT2D eigenvalue weighted by atomic mass is 9.81. The monoisotopic (exact) mass is 508 g/mol. The number of aliphatic hydroxyl groups is 2. The molecule has 4 atom stereocenters. The maximum absolute atomic E-state index is 12.1. The molecule has 2 aliphatic carbocycles. The van der Waals surface area contributed by atoms with E-state index in [1.807, 2.05) is 30.3 Å². The summed E-state index contributed by atoms with van der Waals surface area (Å²) in [5.41, 5.74) is 6.86. The topological polar surface area (TPSA) is 142 Å². The van der Waals surface area contributed by atoms with Crippen LogP contribution in [0.25, 0.3) is 0 Å². The number of benzene rings is 1. The molecule has 10 nitrogen and oxygen atoms in total. The van der Waals surface area contributed by atoms with Crippen molar-refractivity contribution in [2.24, 2.45) is 17.6 Å². The van der Waals surface area contributed by atoms with E-state index in [2.05, 4.69) is 5.32 Å². The highest BCUT2D eigenvalue weighted by Crippen LogP contribution is 2.39. The van der Waals surface area contributed by atoms with Crippen LogP contribution < -0.4 is 11.1 Å². The summed E-state index contributed by atoms with van der Waals surface area (Å²) >= 11 is 0. The molecule has 10 heteroatoms. The zero-order valence-corrected chi connectivity index (χ0v) is 20.8. The zero-order chi connectivity index (χ0) is 25.4. The third-order valence-electron chi connectivity index (χ3n) is 7.66. The average molecular weight is 509 g/mol. The van der Waals surface area contributed by atoms with Crippen LogP contribution in [0.15, 0.2) is 30.3 Å². The Bertz CT molecular complexity index is 813. The fraction of sp³-hybridized carbons (Fsp3) is 0.731. The van der Waals surface area contributed by atoms with Gasteiger partial charge in [0, 0.05) is 56.9 Å². The second kappa shape index (κ2) is 12.6. The van der Waals surface area contributed by atoms with Gasteiger partial charge in [-0.1, -0.05) is 30.3 Å². The van der Waals surface area contributed by atoms with Crippen LogP contribution in [0.2, 0.25) is 0 Å². The van der Waals surface area contributed by atoms with Crippen molar-refractivity contribution >= 4 is 6.09 Å². The lowest BCUT2D eigenvalue weighted by Crippen LogP contribution is -2.51. The highest BCUT2D eigenvalue weighted by Gasteiger charge is 2.46. The third-order valence-corrected chi connectivity index (χ3v) is 7.66. The number of alkyl carbamates (subject to hydrolysis) is 1. The Morgan fingerprint density at radius 2 is 1.47 bits per heavy atom. The second-order valence-corrected chi connectivity index (χ2v) is 10.1. The summed E-state index contributed by atoms with van der Waals surface area (Å²) in [6.07, 6.45) is 4.04. The lowest BCUT2D eigenvalue weighted by Gasteiger charge is -2.40. The van der Waals surface area contributed by atoms with Gasteiger partial charge in [0.1, 0.15) is 6.61 Å². The van der Waals surface area contributed by atoms with Crippen LogP contribution in [0.1, 0.15) is 44.1 Å². The Kier molecular flexibility index (Phi) is 9.57. The quantitative estimate of drug-likeness (QED) is 0.467. The maximum Gasteiger partial charge on any atom is 0.407 e. The van der Waals surface area contributed by atoms with E-state index in [0.717, 1.165) is 37.7 Å². The molecule has 202 valence electrons. The number of aliphatic hydroxyl groups excluding tert-OH is 2. The summed E-state index contributed by atoms with van der Waals surface area (Å²) in [6.45, 7) is 2.94. The third kappa shape index (κ3) is 6.95. The van der Waals surface area contributed by atoms with Gasteiger partial charge in [-0.25, -0.2) is 4.79 Å². The molecule has 0 radical (unpaired) electrons. The van der Waals surface area contributed by atoms with E-state index in [9.17, 15) is 9.90 Å². The molecule has 1 aromatic carbocycles. The van der Waals surface area contributed by atoms with E-state index < -0.39 is 17.7 Å². The smallest absolute Gasteiger partial charge is 0.407 e. The van der Waals surface area contributed by atoms with E-state index in [-0.39, 0.29) is 43.7 Å². The van der Waals surface area contributed by atoms with Gasteiger partial charge in [0.05, 0.1) is 26.4 Å². The molecule has 5 N–H and O–H groups in total. The Labute approximate surface area is 212 Å². The van der Waals surface area contributed by atoms with Crippen LogP contribution in [-0.4, -0.2) is 79.6 Å². The molecule has 4 aliphatic rings. The van der Waals surface area contributed by atoms with Crippen molar-refractivity contribution < 1.29 is 38.7 Å². The minimum atomic E-state index is -0.608. The molecule has 2 heterocycles. The lowest BCUT2D eigenvalue weighted by molar-refractivity contribution is -0.189. The van der Waals surface area contributed by atoms with Crippen LogP contribution in [0.3, 0.4) is 0 Å². The minimum Gasteiger partial charge on any atom is -0.445 e. The van der Waals surface area contributed by atoms with Crippen molar-refractivity contribution in [1.82, 2.24) is 5.32 Å².